The Bertz CT molecular complexity index is 710. The number of benzene rings is 2. The highest BCUT2D eigenvalue weighted by Gasteiger charge is 2.16. The monoisotopic (exact) mass is 290 g/mol. The fraction of sp³-hybridized carbons (Fsp3) is 0.150. The molecule has 3 aromatic rings. The number of hydrogen-bond acceptors (Lipinski definition) is 1. The van der Waals surface area contributed by atoms with Gasteiger partial charge in [-0.2, -0.15) is 4.57 Å². The molecule has 0 aliphatic heterocycles. The Morgan fingerprint density at radius 1 is 0.773 bits per heavy atom. The van der Waals surface area contributed by atoms with Crippen LogP contribution in [0.5, 0.6) is 0 Å². The van der Waals surface area contributed by atoms with Crippen LogP contribution in [0.15, 0.2) is 85.1 Å². The van der Waals surface area contributed by atoms with Crippen molar-refractivity contribution in [1.82, 2.24) is 0 Å². The number of aliphatic hydroxyl groups is 1. The SMILES string of the molecule is OC(Cc1cccc[n+]1Cc1ccccc1)c1ccccc1. The maximum Gasteiger partial charge on any atom is 0.184 e. The lowest BCUT2D eigenvalue weighted by Crippen LogP contribution is -2.39. The molecule has 110 valence electrons. The molecule has 0 amide bonds. The molecule has 2 nitrogen and oxygen atoms in total. The smallest absolute Gasteiger partial charge is 0.184 e. The van der Waals surface area contributed by atoms with Crippen LogP contribution in [-0.4, -0.2) is 5.11 Å². The van der Waals surface area contributed by atoms with Gasteiger partial charge < -0.3 is 5.11 Å². The largest absolute Gasteiger partial charge is 0.388 e. The number of hydrogen-bond donors (Lipinski definition) is 1. The van der Waals surface area contributed by atoms with Crippen molar-refractivity contribution in [2.24, 2.45) is 0 Å². The molecule has 0 aliphatic carbocycles. The van der Waals surface area contributed by atoms with Crippen LogP contribution in [0.3, 0.4) is 0 Å². The maximum absolute atomic E-state index is 10.5. The van der Waals surface area contributed by atoms with Crippen molar-refractivity contribution >= 4 is 0 Å². The molecule has 2 heteroatoms. The van der Waals surface area contributed by atoms with Crippen LogP contribution >= 0.6 is 0 Å². The van der Waals surface area contributed by atoms with Crippen molar-refractivity contribution in [2.75, 3.05) is 0 Å². The third-order valence-corrected chi connectivity index (χ3v) is 3.82. The fourth-order valence-electron chi connectivity index (χ4n) is 2.62. The number of aromatic nitrogens is 1. The van der Waals surface area contributed by atoms with E-state index in [0.29, 0.717) is 6.42 Å². The third kappa shape index (κ3) is 3.60. The molecule has 0 saturated heterocycles. The predicted molar refractivity (Wildman–Crippen MR) is 87.3 cm³/mol. The summed E-state index contributed by atoms with van der Waals surface area (Å²) in [7, 11) is 0. The van der Waals surface area contributed by atoms with Crippen molar-refractivity contribution in [3.05, 3.63) is 102 Å². The number of nitrogens with zero attached hydrogens (tertiary/aromatic N) is 1. The first kappa shape index (κ1) is 14.5. The highest BCUT2D eigenvalue weighted by atomic mass is 16.3. The van der Waals surface area contributed by atoms with Gasteiger partial charge in [0.25, 0.3) is 0 Å². The minimum absolute atomic E-state index is 0.481. The zero-order chi connectivity index (χ0) is 15.2. The molecule has 1 atom stereocenters. The van der Waals surface area contributed by atoms with Crippen molar-refractivity contribution in [3.8, 4) is 0 Å². The van der Waals surface area contributed by atoms with E-state index in [-0.39, 0.29) is 0 Å². The number of pyridine rings is 1. The van der Waals surface area contributed by atoms with Gasteiger partial charge in [0.15, 0.2) is 18.4 Å². The van der Waals surface area contributed by atoms with E-state index in [1.807, 2.05) is 48.5 Å². The van der Waals surface area contributed by atoms with Gasteiger partial charge in [0.05, 0.1) is 12.5 Å². The second kappa shape index (κ2) is 7.01. The Balaban J connectivity index is 1.79. The first-order chi connectivity index (χ1) is 10.8. The summed E-state index contributed by atoms with van der Waals surface area (Å²) in [6, 6.07) is 26.3. The third-order valence-electron chi connectivity index (χ3n) is 3.82. The minimum Gasteiger partial charge on any atom is -0.388 e. The van der Waals surface area contributed by atoms with E-state index < -0.39 is 6.10 Å². The number of aliphatic hydroxyl groups excluding tert-OH is 1. The highest BCUT2D eigenvalue weighted by Crippen LogP contribution is 2.16. The molecule has 1 N–H and O–H groups in total. The van der Waals surface area contributed by atoms with Crippen LogP contribution in [0, 0.1) is 0 Å². The zero-order valence-corrected chi connectivity index (χ0v) is 12.5. The van der Waals surface area contributed by atoms with Crippen molar-refractivity contribution in [3.63, 3.8) is 0 Å². The molecule has 3 rings (SSSR count). The average molecular weight is 290 g/mol. The Labute approximate surface area is 131 Å². The van der Waals surface area contributed by atoms with Crippen LogP contribution in [0.1, 0.15) is 22.9 Å². The van der Waals surface area contributed by atoms with Crippen LogP contribution in [0.4, 0.5) is 0 Å². The second-order valence-electron chi connectivity index (χ2n) is 5.44. The summed E-state index contributed by atoms with van der Waals surface area (Å²) in [6.45, 7) is 0.818. The molecule has 0 saturated carbocycles. The molecule has 0 bridgehead atoms. The van der Waals surface area contributed by atoms with E-state index in [1.54, 1.807) is 0 Å². The van der Waals surface area contributed by atoms with Crippen LogP contribution < -0.4 is 4.57 Å². The summed E-state index contributed by atoms with van der Waals surface area (Å²) < 4.78 is 2.20. The quantitative estimate of drug-likeness (QED) is 0.716. The summed E-state index contributed by atoms with van der Waals surface area (Å²) in [6.07, 6.45) is 2.20. The molecule has 0 aliphatic rings. The first-order valence-electron chi connectivity index (χ1n) is 7.57. The van der Waals surface area contributed by atoms with Crippen LogP contribution in [-0.2, 0) is 13.0 Å². The average Bonchev–Trinajstić information content (AvgIpc) is 2.58. The fourth-order valence-corrected chi connectivity index (χ4v) is 2.62. The molecule has 1 unspecified atom stereocenters. The van der Waals surface area contributed by atoms with E-state index >= 15 is 0 Å². The Hall–Kier alpha value is -2.45. The van der Waals surface area contributed by atoms with Gasteiger partial charge in [0.1, 0.15) is 0 Å². The van der Waals surface area contributed by atoms with Gasteiger partial charge in [-0.1, -0.05) is 66.7 Å². The van der Waals surface area contributed by atoms with E-state index in [9.17, 15) is 5.11 Å². The molecular weight excluding hydrogens is 270 g/mol. The molecule has 1 aromatic heterocycles. The van der Waals surface area contributed by atoms with Crippen LogP contribution in [0.2, 0.25) is 0 Å². The van der Waals surface area contributed by atoms with E-state index in [0.717, 1.165) is 17.8 Å². The van der Waals surface area contributed by atoms with Gasteiger partial charge in [-0.05, 0) is 5.56 Å². The first-order valence-corrected chi connectivity index (χ1v) is 7.57. The van der Waals surface area contributed by atoms with Gasteiger partial charge in [0, 0.05) is 17.7 Å². The minimum atomic E-state index is -0.481. The summed E-state index contributed by atoms with van der Waals surface area (Å²) >= 11 is 0. The van der Waals surface area contributed by atoms with Gasteiger partial charge in [-0.15, -0.1) is 0 Å². The summed E-state index contributed by atoms with van der Waals surface area (Å²) in [5.74, 6) is 0. The Morgan fingerprint density at radius 2 is 1.41 bits per heavy atom. The van der Waals surface area contributed by atoms with Gasteiger partial charge in [0.2, 0.25) is 0 Å². The number of rotatable bonds is 5. The maximum atomic E-state index is 10.5. The lowest BCUT2D eigenvalue weighted by Gasteiger charge is -2.10. The zero-order valence-electron chi connectivity index (χ0n) is 12.5. The summed E-state index contributed by atoms with van der Waals surface area (Å²) in [5.41, 5.74) is 3.34. The van der Waals surface area contributed by atoms with Crippen molar-refractivity contribution < 1.29 is 9.67 Å². The molecule has 22 heavy (non-hydrogen) atoms. The lowest BCUT2D eigenvalue weighted by atomic mass is 10.0. The molecule has 1 heterocycles. The summed E-state index contributed by atoms with van der Waals surface area (Å²) in [5, 5.41) is 10.5. The van der Waals surface area contributed by atoms with Crippen molar-refractivity contribution in [1.29, 1.82) is 0 Å². The van der Waals surface area contributed by atoms with Gasteiger partial charge in [-0.3, -0.25) is 0 Å². The van der Waals surface area contributed by atoms with E-state index in [1.165, 1.54) is 5.56 Å². The normalized spacial score (nSPS) is 12.0. The molecular formula is C20H20NO+. The van der Waals surface area contributed by atoms with Crippen LogP contribution in [0.25, 0.3) is 0 Å². The highest BCUT2D eigenvalue weighted by molar-refractivity contribution is 5.19. The Morgan fingerprint density at radius 3 is 2.14 bits per heavy atom. The topological polar surface area (TPSA) is 24.1 Å². The van der Waals surface area contributed by atoms with E-state index in [2.05, 4.69) is 41.1 Å². The standard InChI is InChI=1S/C20H20NO/c22-20(18-11-5-2-6-12-18)15-19-13-7-8-14-21(19)16-17-9-3-1-4-10-17/h1-14,20,22H,15-16H2/q+1. The summed E-state index contributed by atoms with van der Waals surface area (Å²) in [4.78, 5) is 0. The predicted octanol–water partition coefficient (Wildman–Crippen LogP) is 3.30. The van der Waals surface area contributed by atoms with Gasteiger partial charge >= 0.3 is 0 Å². The molecule has 0 fully saturated rings. The second-order valence-corrected chi connectivity index (χ2v) is 5.44. The molecule has 2 aromatic carbocycles. The lowest BCUT2D eigenvalue weighted by molar-refractivity contribution is -0.696. The van der Waals surface area contributed by atoms with Crippen molar-refractivity contribution in [2.45, 2.75) is 19.1 Å². The van der Waals surface area contributed by atoms with Gasteiger partial charge in [-0.25, -0.2) is 0 Å². The Kier molecular flexibility index (Phi) is 4.62. The molecule has 0 spiro atoms. The van der Waals surface area contributed by atoms with E-state index in [4.69, 9.17) is 0 Å². The molecule has 0 radical (unpaired) electrons.